The summed E-state index contributed by atoms with van der Waals surface area (Å²) in [6.07, 6.45) is 4.05. The first kappa shape index (κ1) is 16.9. The quantitative estimate of drug-likeness (QED) is 0.583. The molecule has 3 aromatic rings. The van der Waals surface area contributed by atoms with Crippen LogP contribution in [0.3, 0.4) is 0 Å². The van der Waals surface area contributed by atoms with Crippen molar-refractivity contribution in [2.75, 3.05) is 6.61 Å². The maximum Gasteiger partial charge on any atom is 0.190 e. The average molecular weight is 395 g/mol. The minimum atomic E-state index is 0.205. The van der Waals surface area contributed by atoms with E-state index in [4.69, 9.17) is 37.3 Å². The van der Waals surface area contributed by atoms with Crippen LogP contribution >= 0.6 is 34.5 Å². The van der Waals surface area contributed by atoms with Gasteiger partial charge in [0.05, 0.1) is 40.3 Å². The van der Waals surface area contributed by atoms with Crippen molar-refractivity contribution in [1.29, 1.82) is 0 Å². The molecule has 7 heteroatoms. The van der Waals surface area contributed by atoms with Gasteiger partial charge in [-0.2, -0.15) is 0 Å². The van der Waals surface area contributed by atoms with Crippen LogP contribution in [0.25, 0.3) is 11.5 Å². The molecule has 1 aliphatic rings. The van der Waals surface area contributed by atoms with Crippen LogP contribution in [0, 0.1) is 0 Å². The van der Waals surface area contributed by atoms with E-state index in [-0.39, 0.29) is 6.10 Å². The fraction of sp³-hybridized carbons (Fsp3) is 0.278. The summed E-state index contributed by atoms with van der Waals surface area (Å²) in [7, 11) is 0. The average Bonchev–Trinajstić information content (AvgIpc) is 3.34. The van der Waals surface area contributed by atoms with Gasteiger partial charge in [-0.05, 0) is 43.2 Å². The number of hydrogen-bond acceptors (Lipinski definition) is 4. The lowest BCUT2D eigenvalue weighted by Crippen LogP contribution is -2.23. The summed E-state index contributed by atoms with van der Waals surface area (Å²) >= 11 is 13.7. The highest BCUT2D eigenvalue weighted by Gasteiger charge is 2.19. The van der Waals surface area contributed by atoms with Crippen LogP contribution in [0.2, 0.25) is 10.0 Å². The highest BCUT2D eigenvalue weighted by atomic mass is 35.5. The van der Waals surface area contributed by atoms with E-state index >= 15 is 0 Å². The summed E-state index contributed by atoms with van der Waals surface area (Å²) in [5, 5.41) is 3.08. The first-order chi connectivity index (χ1) is 12.2. The Labute approximate surface area is 159 Å². The van der Waals surface area contributed by atoms with Gasteiger partial charge < -0.3 is 13.7 Å². The van der Waals surface area contributed by atoms with Crippen LogP contribution in [0.1, 0.15) is 12.8 Å². The largest absolute Gasteiger partial charge is 0.463 e. The van der Waals surface area contributed by atoms with Crippen LogP contribution in [0.4, 0.5) is 5.69 Å². The number of ether oxygens (including phenoxy) is 1. The molecule has 1 fully saturated rings. The second-order valence-electron chi connectivity index (χ2n) is 5.84. The number of halogens is 2. The van der Waals surface area contributed by atoms with Crippen molar-refractivity contribution in [1.82, 2.24) is 4.57 Å². The topological polar surface area (TPSA) is 39.7 Å². The molecule has 0 radical (unpaired) electrons. The Morgan fingerprint density at radius 2 is 2.16 bits per heavy atom. The summed E-state index contributed by atoms with van der Waals surface area (Å²) in [5.41, 5.74) is 1.77. The van der Waals surface area contributed by atoms with E-state index in [0.717, 1.165) is 47.9 Å². The Balaban J connectivity index is 1.78. The lowest BCUT2D eigenvalue weighted by molar-refractivity contribution is 0.0967. The Kier molecular flexibility index (Phi) is 4.99. The third kappa shape index (κ3) is 3.70. The first-order valence-electron chi connectivity index (χ1n) is 8.04. The predicted octanol–water partition coefficient (Wildman–Crippen LogP) is 5.53. The number of benzene rings is 1. The first-order valence-corrected chi connectivity index (χ1v) is 9.68. The molecule has 3 heterocycles. The van der Waals surface area contributed by atoms with Gasteiger partial charge >= 0.3 is 0 Å². The molecule has 0 amide bonds. The predicted molar refractivity (Wildman–Crippen MR) is 101 cm³/mol. The third-order valence-corrected chi connectivity index (χ3v) is 5.71. The Morgan fingerprint density at radius 1 is 1.24 bits per heavy atom. The molecular weight excluding hydrogens is 379 g/mol. The van der Waals surface area contributed by atoms with Gasteiger partial charge in [0.2, 0.25) is 0 Å². The Morgan fingerprint density at radius 3 is 2.88 bits per heavy atom. The minimum Gasteiger partial charge on any atom is -0.463 e. The fourth-order valence-corrected chi connectivity index (χ4v) is 4.09. The van der Waals surface area contributed by atoms with Gasteiger partial charge in [-0.25, -0.2) is 4.99 Å². The van der Waals surface area contributed by atoms with Crippen molar-refractivity contribution in [2.24, 2.45) is 4.99 Å². The maximum absolute atomic E-state index is 6.11. The van der Waals surface area contributed by atoms with Gasteiger partial charge in [-0.15, -0.1) is 11.3 Å². The van der Waals surface area contributed by atoms with E-state index < -0.39 is 0 Å². The molecule has 0 saturated carbocycles. The third-order valence-electron chi connectivity index (χ3n) is 4.11. The minimum absolute atomic E-state index is 0.205. The van der Waals surface area contributed by atoms with Gasteiger partial charge in [-0.3, -0.25) is 0 Å². The molecule has 0 aliphatic carbocycles. The van der Waals surface area contributed by atoms with E-state index in [1.807, 2.05) is 18.2 Å². The second kappa shape index (κ2) is 7.38. The number of rotatable bonds is 4. The van der Waals surface area contributed by atoms with Crippen molar-refractivity contribution in [3.63, 3.8) is 0 Å². The van der Waals surface area contributed by atoms with Crippen molar-refractivity contribution >= 4 is 40.2 Å². The number of aromatic nitrogens is 1. The molecule has 1 aliphatic heterocycles. The Hall–Kier alpha value is -1.53. The van der Waals surface area contributed by atoms with E-state index in [1.54, 1.807) is 29.7 Å². The van der Waals surface area contributed by atoms with Crippen LogP contribution in [-0.4, -0.2) is 17.3 Å². The zero-order valence-electron chi connectivity index (χ0n) is 13.3. The number of nitrogens with zero attached hydrogens (tertiary/aromatic N) is 2. The molecule has 0 spiro atoms. The van der Waals surface area contributed by atoms with E-state index in [9.17, 15) is 0 Å². The van der Waals surface area contributed by atoms with E-state index in [1.165, 1.54) is 0 Å². The smallest absolute Gasteiger partial charge is 0.190 e. The number of thiazole rings is 1. The molecule has 1 aromatic carbocycles. The molecule has 4 nitrogen and oxygen atoms in total. The molecule has 130 valence electrons. The summed E-state index contributed by atoms with van der Waals surface area (Å²) in [4.78, 5) is 5.63. The van der Waals surface area contributed by atoms with Crippen molar-refractivity contribution in [2.45, 2.75) is 25.5 Å². The van der Waals surface area contributed by atoms with Crippen molar-refractivity contribution in [3.05, 3.63) is 56.8 Å². The summed E-state index contributed by atoms with van der Waals surface area (Å²) in [5.74, 6) is 0.824. The zero-order valence-corrected chi connectivity index (χ0v) is 15.7. The molecule has 0 N–H and O–H groups in total. The number of hydrogen-bond donors (Lipinski definition) is 0. The second-order valence-corrected chi connectivity index (χ2v) is 7.49. The van der Waals surface area contributed by atoms with Crippen LogP contribution in [-0.2, 0) is 11.3 Å². The van der Waals surface area contributed by atoms with Gasteiger partial charge in [0, 0.05) is 12.0 Å². The molecule has 2 aromatic heterocycles. The summed E-state index contributed by atoms with van der Waals surface area (Å²) in [6.45, 7) is 1.57. The number of furan rings is 1. The lowest BCUT2D eigenvalue weighted by atomic mass is 10.2. The standard InChI is InChI=1S/C18H16Cl2N2O2S/c19-14-6-5-12(9-15(14)20)21-18-22(10-13-3-1-7-23-13)16(11-25-18)17-4-2-8-24-17/h2,4-6,8-9,11,13H,1,3,7,10H2. The molecule has 1 unspecified atom stereocenters. The normalized spacial score (nSPS) is 18.2. The van der Waals surface area contributed by atoms with E-state index in [2.05, 4.69) is 9.95 Å². The van der Waals surface area contributed by atoms with Gasteiger partial charge in [0.25, 0.3) is 0 Å². The zero-order chi connectivity index (χ0) is 17.2. The molecular formula is C18H16Cl2N2O2S. The van der Waals surface area contributed by atoms with Crippen LogP contribution in [0.5, 0.6) is 0 Å². The highest BCUT2D eigenvalue weighted by Crippen LogP contribution is 2.27. The van der Waals surface area contributed by atoms with Gasteiger partial charge in [0.1, 0.15) is 0 Å². The summed E-state index contributed by atoms with van der Waals surface area (Å²) in [6, 6.07) is 9.23. The monoisotopic (exact) mass is 394 g/mol. The maximum atomic E-state index is 6.11. The Bertz CT molecular complexity index is 925. The highest BCUT2D eigenvalue weighted by molar-refractivity contribution is 7.07. The van der Waals surface area contributed by atoms with Crippen molar-refractivity contribution in [3.8, 4) is 11.5 Å². The van der Waals surface area contributed by atoms with Gasteiger partial charge in [0.15, 0.2) is 10.6 Å². The molecule has 4 rings (SSSR count). The molecule has 0 bridgehead atoms. The van der Waals surface area contributed by atoms with Crippen molar-refractivity contribution < 1.29 is 9.15 Å². The lowest BCUT2D eigenvalue weighted by Gasteiger charge is -2.13. The molecule has 1 atom stereocenters. The van der Waals surface area contributed by atoms with Crippen LogP contribution in [0.15, 0.2) is 51.4 Å². The molecule has 1 saturated heterocycles. The molecule has 25 heavy (non-hydrogen) atoms. The van der Waals surface area contributed by atoms with E-state index in [0.29, 0.717) is 10.0 Å². The van der Waals surface area contributed by atoms with Crippen LogP contribution < -0.4 is 4.80 Å². The van der Waals surface area contributed by atoms with Gasteiger partial charge in [-0.1, -0.05) is 23.2 Å². The summed E-state index contributed by atoms with van der Waals surface area (Å²) < 4.78 is 13.6. The fourth-order valence-electron chi connectivity index (χ4n) is 2.87. The SMILES string of the molecule is Clc1ccc(N=c2scc(-c3ccco3)n2CC2CCCO2)cc1Cl.